The van der Waals surface area contributed by atoms with E-state index in [0.717, 1.165) is 32.1 Å². The van der Waals surface area contributed by atoms with Gasteiger partial charge in [0.25, 0.3) is 0 Å². The molecule has 1 spiro atoms. The molecule has 2 heteroatoms. The second-order valence-electron chi connectivity index (χ2n) is 11.3. The molecule has 0 aromatic carbocycles. The first-order valence-corrected chi connectivity index (χ1v) is 14.1. The third-order valence-corrected chi connectivity index (χ3v) is 8.75. The number of Topliss-reactive ketones (excluding diaryl/α,β-unsaturated/α-hetero) is 2. The van der Waals surface area contributed by atoms with Gasteiger partial charge >= 0.3 is 0 Å². The van der Waals surface area contributed by atoms with Gasteiger partial charge in [0.2, 0.25) is 0 Å². The first kappa shape index (κ1) is 26.6. The van der Waals surface area contributed by atoms with E-state index in [1.54, 1.807) is 0 Å². The monoisotopic (exact) mass is 432 g/mol. The molecule has 0 N–H and O–H groups in total. The minimum atomic E-state index is 0.509. The molecule has 0 amide bonds. The lowest BCUT2D eigenvalue weighted by Gasteiger charge is -2.36. The first-order chi connectivity index (χ1) is 15.0. The van der Waals surface area contributed by atoms with E-state index in [-0.39, 0.29) is 0 Å². The summed E-state index contributed by atoms with van der Waals surface area (Å²) in [7, 11) is 0. The van der Waals surface area contributed by atoms with Crippen molar-refractivity contribution in [3.63, 3.8) is 0 Å². The van der Waals surface area contributed by atoms with Crippen LogP contribution in [0.4, 0.5) is 0 Å². The summed E-state index contributed by atoms with van der Waals surface area (Å²) in [6.07, 6.45) is 28.8. The molecular weight excluding hydrogens is 380 g/mol. The van der Waals surface area contributed by atoms with Crippen molar-refractivity contribution in [2.45, 2.75) is 162 Å². The molecule has 0 saturated heterocycles. The first-order valence-electron chi connectivity index (χ1n) is 14.1. The van der Waals surface area contributed by atoms with E-state index in [0.29, 0.717) is 22.4 Å². The van der Waals surface area contributed by atoms with Crippen LogP contribution in [0.1, 0.15) is 162 Å². The summed E-state index contributed by atoms with van der Waals surface area (Å²) in [5.74, 6) is 1.03. The Hall–Kier alpha value is -0.660. The third-order valence-electron chi connectivity index (χ3n) is 8.75. The van der Waals surface area contributed by atoms with Crippen LogP contribution in [0.3, 0.4) is 0 Å². The zero-order chi connectivity index (χ0) is 22.4. The Balaban J connectivity index is 0.000000231. The van der Waals surface area contributed by atoms with Crippen LogP contribution in [0.15, 0.2) is 0 Å². The van der Waals surface area contributed by atoms with Crippen LogP contribution in [0, 0.1) is 10.8 Å². The molecule has 3 aliphatic rings. The van der Waals surface area contributed by atoms with E-state index in [9.17, 15) is 9.59 Å². The Labute approximate surface area is 193 Å². The maximum Gasteiger partial charge on any atom is 0.132 e. The zero-order valence-electron chi connectivity index (χ0n) is 21.1. The predicted octanol–water partition coefficient (Wildman–Crippen LogP) is 9.14. The fraction of sp³-hybridized carbons (Fsp3) is 0.931. The smallest absolute Gasteiger partial charge is 0.132 e. The minimum absolute atomic E-state index is 0.509. The number of hydrogen-bond donors (Lipinski definition) is 0. The average Bonchev–Trinajstić information content (AvgIpc) is 3.11. The van der Waals surface area contributed by atoms with Crippen molar-refractivity contribution in [3.05, 3.63) is 0 Å². The standard InChI is InChI=1S/C17H32O.C12H20O/c1-3-5-7-12-17(13-8-6-4-2)14-9-10-16(18)11-15-17;13-11-5-9-12(10-6-11)7-3-1-2-4-8-12/h3-15H2,1-2H3;1-10H2. The van der Waals surface area contributed by atoms with E-state index < -0.39 is 0 Å². The Bertz CT molecular complexity index is 491. The van der Waals surface area contributed by atoms with Gasteiger partial charge < -0.3 is 0 Å². The van der Waals surface area contributed by atoms with Gasteiger partial charge in [-0.3, -0.25) is 9.59 Å². The number of carbonyl (C=O) groups is 2. The molecule has 0 aromatic heterocycles. The quantitative estimate of drug-likeness (QED) is 0.283. The lowest BCUT2D eigenvalue weighted by Crippen LogP contribution is -2.26. The normalized spacial score (nSPS) is 23.5. The molecule has 0 unspecified atom stereocenters. The molecule has 180 valence electrons. The van der Waals surface area contributed by atoms with Gasteiger partial charge in [0.1, 0.15) is 11.6 Å². The Morgan fingerprint density at radius 2 is 1.06 bits per heavy atom. The fourth-order valence-electron chi connectivity index (χ4n) is 6.48. The summed E-state index contributed by atoms with van der Waals surface area (Å²) in [5.41, 5.74) is 1.13. The number of ketones is 2. The number of unbranched alkanes of at least 4 members (excludes halogenated alkanes) is 4. The molecule has 3 aliphatic carbocycles. The van der Waals surface area contributed by atoms with Gasteiger partial charge in [-0.05, 0) is 68.6 Å². The van der Waals surface area contributed by atoms with Crippen LogP contribution in [0.25, 0.3) is 0 Å². The molecule has 0 heterocycles. The molecular formula is C29H52O2. The van der Waals surface area contributed by atoms with Crippen molar-refractivity contribution in [3.8, 4) is 0 Å². The van der Waals surface area contributed by atoms with Gasteiger partial charge in [0.05, 0.1) is 0 Å². The SMILES string of the molecule is CCCCCC1(CCCCC)CCCC(=O)CC1.O=C1CCC2(CCCCCC2)CC1. The molecule has 3 rings (SSSR count). The molecule has 0 atom stereocenters. The number of rotatable bonds is 8. The summed E-state index contributed by atoms with van der Waals surface area (Å²) in [6, 6.07) is 0. The maximum absolute atomic E-state index is 11.6. The van der Waals surface area contributed by atoms with Crippen LogP contribution in [0.2, 0.25) is 0 Å². The fourth-order valence-corrected chi connectivity index (χ4v) is 6.48. The van der Waals surface area contributed by atoms with Crippen molar-refractivity contribution >= 4 is 11.6 Å². The Morgan fingerprint density at radius 1 is 0.548 bits per heavy atom. The van der Waals surface area contributed by atoms with Crippen LogP contribution in [-0.4, -0.2) is 11.6 Å². The predicted molar refractivity (Wildman–Crippen MR) is 132 cm³/mol. The summed E-state index contributed by atoms with van der Waals surface area (Å²) in [6.45, 7) is 4.56. The van der Waals surface area contributed by atoms with Gasteiger partial charge in [-0.25, -0.2) is 0 Å². The van der Waals surface area contributed by atoms with Crippen molar-refractivity contribution in [2.24, 2.45) is 10.8 Å². The lowest BCUT2D eigenvalue weighted by molar-refractivity contribution is -0.122. The summed E-state index contributed by atoms with van der Waals surface area (Å²) >= 11 is 0. The Kier molecular flexibility index (Phi) is 12.4. The second-order valence-corrected chi connectivity index (χ2v) is 11.3. The Morgan fingerprint density at radius 3 is 1.61 bits per heavy atom. The highest BCUT2D eigenvalue weighted by Gasteiger charge is 2.34. The van der Waals surface area contributed by atoms with Crippen molar-refractivity contribution in [2.75, 3.05) is 0 Å². The van der Waals surface area contributed by atoms with Crippen molar-refractivity contribution < 1.29 is 9.59 Å². The topological polar surface area (TPSA) is 34.1 Å². The highest BCUT2D eigenvalue weighted by atomic mass is 16.1. The zero-order valence-corrected chi connectivity index (χ0v) is 21.1. The van der Waals surface area contributed by atoms with E-state index in [4.69, 9.17) is 0 Å². The van der Waals surface area contributed by atoms with Crippen molar-refractivity contribution in [1.82, 2.24) is 0 Å². The van der Waals surface area contributed by atoms with Crippen LogP contribution >= 0.6 is 0 Å². The molecule has 31 heavy (non-hydrogen) atoms. The summed E-state index contributed by atoms with van der Waals surface area (Å²) in [4.78, 5) is 22.8. The van der Waals surface area contributed by atoms with E-state index >= 15 is 0 Å². The van der Waals surface area contributed by atoms with Crippen molar-refractivity contribution in [1.29, 1.82) is 0 Å². The second kappa shape index (κ2) is 14.5. The molecule has 3 fully saturated rings. The van der Waals surface area contributed by atoms with Gasteiger partial charge in [-0.15, -0.1) is 0 Å². The third kappa shape index (κ3) is 9.79. The minimum Gasteiger partial charge on any atom is -0.300 e. The van der Waals surface area contributed by atoms with Gasteiger partial charge in [0.15, 0.2) is 0 Å². The lowest BCUT2D eigenvalue weighted by atomic mass is 9.69. The molecule has 0 radical (unpaired) electrons. The van der Waals surface area contributed by atoms with Gasteiger partial charge in [-0.1, -0.05) is 78.1 Å². The van der Waals surface area contributed by atoms with Crippen LogP contribution in [0.5, 0.6) is 0 Å². The molecule has 0 aliphatic heterocycles. The molecule has 0 bridgehead atoms. The van der Waals surface area contributed by atoms with Gasteiger partial charge in [0, 0.05) is 25.7 Å². The maximum atomic E-state index is 11.6. The molecule has 3 saturated carbocycles. The van der Waals surface area contributed by atoms with Crippen LogP contribution in [-0.2, 0) is 9.59 Å². The van der Waals surface area contributed by atoms with E-state index in [1.807, 2.05) is 0 Å². The van der Waals surface area contributed by atoms with Crippen LogP contribution < -0.4 is 0 Å². The average molecular weight is 433 g/mol. The highest BCUT2D eigenvalue weighted by molar-refractivity contribution is 5.79. The summed E-state index contributed by atoms with van der Waals surface area (Å²) < 4.78 is 0. The highest BCUT2D eigenvalue weighted by Crippen LogP contribution is 2.45. The summed E-state index contributed by atoms with van der Waals surface area (Å²) in [5, 5.41) is 0. The van der Waals surface area contributed by atoms with Gasteiger partial charge in [-0.2, -0.15) is 0 Å². The largest absolute Gasteiger partial charge is 0.300 e. The van der Waals surface area contributed by atoms with E-state index in [2.05, 4.69) is 13.8 Å². The number of carbonyl (C=O) groups excluding carboxylic acids is 2. The van der Waals surface area contributed by atoms with E-state index in [1.165, 1.54) is 116 Å². The molecule has 0 aromatic rings. The molecule has 2 nitrogen and oxygen atoms in total. The number of hydrogen-bond acceptors (Lipinski definition) is 2.